The molecule has 106 valence electrons. The molecule has 1 fully saturated rings. The monoisotopic (exact) mass is 265 g/mol. The van der Waals surface area contributed by atoms with Crippen molar-refractivity contribution >= 4 is 5.91 Å². The van der Waals surface area contributed by atoms with Crippen molar-refractivity contribution in [1.82, 2.24) is 20.5 Å². The Morgan fingerprint density at radius 2 is 2.32 bits per heavy atom. The van der Waals surface area contributed by atoms with Gasteiger partial charge in [-0.25, -0.2) is 4.98 Å². The molecule has 1 aromatic heterocycles. The molecular weight excluding hydrogens is 242 g/mol. The smallest absolute Gasteiger partial charge is 0.223 e. The normalized spacial score (nSPS) is 23.2. The summed E-state index contributed by atoms with van der Waals surface area (Å²) in [6.07, 6.45) is 7.61. The molecule has 0 bridgehead atoms. The average Bonchev–Trinajstić information content (AvgIpc) is 2.96. The van der Waals surface area contributed by atoms with E-state index in [1.807, 2.05) is 0 Å². The van der Waals surface area contributed by atoms with Gasteiger partial charge in [-0.2, -0.15) is 5.10 Å². The number of hydrogen-bond donors (Lipinski definition) is 3. The summed E-state index contributed by atoms with van der Waals surface area (Å²) in [7, 11) is 0. The standard InChI is InChI=1S/C13H23N5O/c14-8-10-4-1-2-5-11(10)13(19)15-7-3-6-12-16-9-17-18-12/h9-11H,1-8,14H2,(H,15,19)(H,16,17,18). The number of carbonyl (C=O) groups is 1. The van der Waals surface area contributed by atoms with E-state index in [9.17, 15) is 4.79 Å². The molecule has 0 aliphatic heterocycles. The number of nitrogens with zero attached hydrogens (tertiary/aromatic N) is 2. The Hall–Kier alpha value is -1.43. The molecule has 6 heteroatoms. The second-order valence-corrected chi connectivity index (χ2v) is 5.21. The minimum atomic E-state index is 0.115. The number of carbonyl (C=O) groups excluding carboxylic acids is 1. The van der Waals surface area contributed by atoms with Crippen molar-refractivity contribution in [1.29, 1.82) is 0 Å². The zero-order valence-corrected chi connectivity index (χ0v) is 11.3. The summed E-state index contributed by atoms with van der Waals surface area (Å²) in [5.41, 5.74) is 5.75. The van der Waals surface area contributed by atoms with Gasteiger partial charge in [0.25, 0.3) is 0 Å². The Kier molecular flexibility index (Phi) is 5.32. The number of hydrogen-bond acceptors (Lipinski definition) is 4. The predicted octanol–water partition coefficient (Wildman–Crippen LogP) is 0.619. The van der Waals surface area contributed by atoms with E-state index < -0.39 is 0 Å². The van der Waals surface area contributed by atoms with Gasteiger partial charge in [0.2, 0.25) is 5.91 Å². The van der Waals surface area contributed by atoms with Crippen molar-refractivity contribution in [2.24, 2.45) is 17.6 Å². The zero-order chi connectivity index (χ0) is 13.5. The Morgan fingerprint density at radius 3 is 3.05 bits per heavy atom. The van der Waals surface area contributed by atoms with Crippen LogP contribution in [-0.4, -0.2) is 34.2 Å². The molecule has 1 heterocycles. The van der Waals surface area contributed by atoms with E-state index in [4.69, 9.17) is 5.73 Å². The molecular formula is C13H23N5O. The molecule has 1 amide bonds. The Labute approximate surface area is 113 Å². The molecule has 1 aliphatic carbocycles. The lowest BCUT2D eigenvalue weighted by Gasteiger charge is -2.29. The molecule has 0 radical (unpaired) electrons. The quantitative estimate of drug-likeness (QED) is 0.657. The van der Waals surface area contributed by atoms with Gasteiger partial charge in [-0.1, -0.05) is 12.8 Å². The SMILES string of the molecule is NCC1CCCCC1C(=O)NCCCc1ncn[nH]1. The van der Waals surface area contributed by atoms with Crippen LogP contribution in [0.3, 0.4) is 0 Å². The first kappa shape index (κ1) is 14.0. The predicted molar refractivity (Wildman–Crippen MR) is 72.2 cm³/mol. The molecule has 0 spiro atoms. The number of rotatable bonds is 6. The summed E-state index contributed by atoms with van der Waals surface area (Å²) in [5, 5.41) is 9.63. The number of aryl methyl sites for hydroxylation is 1. The molecule has 6 nitrogen and oxygen atoms in total. The van der Waals surface area contributed by atoms with Crippen LogP contribution in [0.15, 0.2) is 6.33 Å². The Morgan fingerprint density at radius 1 is 1.47 bits per heavy atom. The summed E-state index contributed by atoms with van der Waals surface area (Å²) in [6.45, 7) is 1.31. The number of nitrogens with two attached hydrogens (primary N) is 1. The lowest BCUT2D eigenvalue weighted by molar-refractivity contribution is -0.127. The fraction of sp³-hybridized carbons (Fsp3) is 0.769. The van der Waals surface area contributed by atoms with Crippen LogP contribution in [0.5, 0.6) is 0 Å². The first-order valence-electron chi connectivity index (χ1n) is 7.13. The number of H-pyrrole nitrogens is 1. The van der Waals surface area contributed by atoms with E-state index in [2.05, 4.69) is 20.5 Å². The first-order chi connectivity index (χ1) is 9.31. The van der Waals surface area contributed by atoms with Crippen LogP contribution in [0.2, 0.25) is 0 Å². The van der Waals surface area contributed by atoms with E-state index in [1.54, 1.807) is 0 Å². The Balaban J connectivity index is 1.68. The van der Waals surface area contributed by atoms with Crippen LogP contribution in [0.1, 0.15) is 37.9 Å². The van der Waals surface area contributed by atoms with Crippen molar-refractivity contribution in [3.63, 3.8) is 0 Å². The van der Waals surface area contributed by atoms with Gasteiger partial charge in [0, 0.05) is 18.9 Å². The number of amides is 1. The Bertz CT molecular complexity index is 378. The first-order valence-corrected chi connectivity index (χ1v) is 7.13. The lowest BCUT2D eigenvalue weighted by Crippen LogP contribution is -2.39. The van der Waals surface area contributed by atoms with Crippen LogP contribution in [0.4, 0.5) is 0 Å². The molecule has 19 heavy (non-hydrogen) atoms. The van der Waals surface area contributed by atoms with Crippen molar-refractivity contribution in [3.8, 4) is 0 Å². The average molecular weight is 265 g/mol. The molecule has 1 saturated carbocycles. The highest BCUT2D eigenvalue weighted by molar-refractivity contribution is 5.79. The molecule has 1 aromatic rings. The van der Waals surface area contributed by atoms with Gasteiger partial charge in [-0.15, -0.1) is 0 Å². The van der Waals surface area contributed by atoms with E-state index in [1.165, 1.54) is 12.7 Å². The van der Waals surface area contributed by atoms with Crippen LogP contribution in [0.25, 0.3) is 0 Å². The van der Waals surface area contributed by atoms with Crippen molar-refractivity contribution < 1.29 is 4.79 Å². The van der Waals surface area contributed by atoms with Crippen molar-refractivity contribution in [3.05, 3.63) is 12.2 Å². The van der Waals surface area contributed by atoms with Gasteiger partial charge in [0.15, 0.2) is 0 Å². The summed E-state index contributed by atoms with van der Waals surface area (Å²) in [6, 6.07) is 0. The van der Waals surface area contributed by atoms with Gasteiger partial charge in [0.05, 0.1) is 0 Å². The van der Waals surface area contributed by atoms with E-state index in [0.29, 0.717) is 19.0 Å². The number of aromatic nitrogens is 3. The molecule has 0 aromatic carbocycles. The van der Waals surface area contributed by atoms with Crippen LogP contribution >= 0.6 is 0 Å². The largest absolute Gasteiger partial charge is 0.356 e. The second kappa shape index (κ2) is 7.23. The maximum atomic E-state index is 12.1. The maximum absolute atomic E-state index is 12.1. The van der Waals surface area contributed by atoms with Gasteiger partial charge < -0.3 is 11.1 Å². The van der Waals surface area contributed by atoms with Gasteiger partial charge in [0.1, 0.15) is 12.2 Å². The molecule has 2 atom stereocenters. The lowest BCUT2D eigenvalue weighted by atomic mass is 9.79. The van der Waals surface area contributed by atoms with E-state index >= 15 is 0 Å². The fourth-order valence-corrected chi connectivity index (χ4v) is 2.78. The third kappa shape index (κ3) is 4.02. The molecule has 4 N–H and O–H groups in total. The molecule has 2 rings (SSSR count). The topological polar surface area (TPSA) is 96.7 Å². The second-order valence-electron chi connectivity index (χ2n) is 5.21. The summed E-state index contributed by atoms with van der Waals surface area (Å²) < 4.78 is 0. The fourth-order valence-electron chi connectivity index (χ4n) is 2.78. The van der Waals surface area contributed by atoms with Crippen LogP contribution in [0, 0.1) is 11.8 Å². The third-order valence-corrected chi connectivity index (χ3v) is 3.90. The molecule has 1 aliphatic rings. The number of aromatic amines is 1. The van der Waals surface area contributed by atoms with Crippen LogP contribution < -0.4 is 11.1 Å². The highest BCUT2D eigenvalue weighted by Gasteiger charge is 2.29. The van der Waals surface area contributed by atoms with E-state index in [-0.39, 0.29) is 11.8 Å². The highest BCUT2D eigenvalue weighted by Crippen LogP contribution is 2.29. The maximum Gasteiger partial charge on any atom is 0.223 e. The summed E-state index contributed by atoms with van der Waals surface area (Å²) in [4.78, 5) is 16.2. The third-order valence-electron chi connectivity index (χ3n) is 3.90. The van der Waals surface area contributed by atoms with E-state index in [0.717, 1.165) is 37.9 Å². The minimum absolute atomic E-state index is 0.115. The van der Waals surface area contributed by atoms with Crippen molar-refractivity contribution in [2.45, 2.75) is 38.5 Å². The summed E-state index contributed by atoms with van der Waals surface area (Å²) >= 11 is 0. The highest BCUT2D eigenvalue weighted by atomic mass is 16.1. The van der Waals surface area contributed by atoms with Gasteiger partial charge in [-0.3, -0.25) is 9.89 Å². The van der Waals surface area contributed by atoms with Gasteiger partial charge in [-0.05, 0) is 31.7 Å². The number of nitrogens with one attached hydrogen (secondary N) is 2. The van der Waals surface area contributed by atoms with Gasteiger partial charge >= 0.3 is 0 Å². The molecule has 2 unspecified atom stereocenters. The summed E-state index contributed by atoms with van der Waals surface area (Å²) in [5.74, 6) is 1.52. The zero-order valence-electron chi connectivity index (χ0n) is 11.3. The minimum Gasteiger partial charge on any atom is -0.356 e. The van der Waals surface area contributed by atoms with Crippen molar-refractivity contribution in [2.75, 3.05) is 13.1 Å². The molecule has 0 saturated heterocycles. The van der Waals surface area contributed by atoms with Crippen LogP contribution in [-0.2, 0) is 11.2 Å².